The number of carbonyl (C=O) groups is 1. The summed E-state index contributed by atoms with van der Waals surface area (Å²) in [5, 5.41) is 0.153. The van der Waals surface area contributed by atoms with Gasteiger partial charge in [-0.15, -0.1) is 0 Å². The van der Waals surface area contributed by atoms with E-state index in [1.807, 2.05) is 0 Å². The number of hydrogen-bond acceptors (Lipinski definition) is 4. The van der Waals surface area contributed by atoms with Crippen LogP contribution in [-0.2, 0) is 6.18 Å². The van der Waals surface area contributed by atoms with Gasteiger partial charge in [-0.1, -0.05) is 11.6 Å². The fraction of sp³-hybridized carbons (Fsp3) is 0.0909. The summed E-state index contributed by atoms with van der Waals surface area (Å²) < 4.78 is 36.9. The molecule has 2 aromatic rings. The molecular weight excluding hydrogens is 283 g/mol. The number of nitrogens with zero attached hydrogens (tertiary/aromatic N) is 3. The van der Waals surface area contributed by atoms with E-state index in [2.05, 4.69) is 15.0 Å². The van der Waals surface area contributed by atoms with Gasteiger partial charge in [-0.3, -0.25) is 9.78 Å². The fourth-order valence-corrected chi connectivity index (χ4v) is 1.49. The van der Waals surface area contributed by atoms with Crippen LogP contribution in [0.15, 0.2) is 24.7 Å². The van der Waals surface area contributed by atoms with E-state index >= 15 is 0 Å². The summed E-state index contributed by atoms with van der Waals surface area (Å²) >= 11 is 5.79. The summed E-state index contributed by atoms with van der Waals surface area (Å²) in [5.74, 6) is -1.23. The Balaban J connectivity index is 2.37. The summed E-state index contributed by atoms with van der Waals surface area (Å²) in [7, 11) is 0. The number of aromatic nitrogens is 3. The van der Waals surface area contributed by atoms with Crippen molar-refractivity contribution in [2.45, 2.75) is 6.18 Å². The van der Waals surface area contributed by atoms with E-state index in [-0.39, 0.29) is 21.8 Å². The Hall–Kier alpha value is -2.02. The lowest BCUT2D eigenvalue weighted by Crippen LogP contribution is -2.10. The molecule has 0 radical (unpaired) electrons. The second kappa shape index (κ2) is 4.93. The number of aldehydes is 1. The van der Waals surface area contributed by atoms with Crippen LogP contribution >= 0.6 is 11.6 Å². The van der Waals surface area contributed by atoms with E-state index in [0.717, 1.165) is 12.4 Å². The lowest BCUT2D eigenvalue weighted by Gasteiger charge is -2.05. The molecule has 0 aliphatic rings. The molecule has 98 valence electrons. The van der Waals surface area contributed by atoms with Gasteiger partial charge in [0.1, 0.15) is 0 Å². The molecule has 19 heavy (non-hydrogen) atoms. The quantitative estimate of drug-likeness (QED) is 0.797. The molecule has 0 saturated carbocycles. The standard InChI is InChI=1S/C11H5ClF3N3O/c12-8-1-9(16-4-7(8)5-19)6-2-17-10(18-3-6)11(13,14)15/h1-5H. The highest BCUT2D eigenvalue weighted by Crippen LogP contribution is 2.27. The van der Waals surface area contributed by atoms with Gasteiger partial charge in [0, 0.05) is 24.2 Å². The third-order valence-electron chi connectivity index (χ3n) is 2.21. The second-order valence-corrected chi connectivity index (χ2v) is 3.91. The predicted octanol–water partition coefficient (Wildman–Crippen LogP) is 3.02. The van der Waals surface area contributed by atoms with E-state index in [1.54, 1.807) is 0 Å². The first-order chi connectivity index (χ1) is 8.91. The van der Waals surface area contributed by atoms with Crippen LogP contribution in [0.1, 0.15) is 16.2 Å². The van der Waals surface area contributed by atoms with Gasteiger partial charge in [0.05, 0.1) is 16.3 Å². The molecule has 0 fully saturated rings. The van der Waals surface area contributed by atoms with Crippen molar-refractivity contribution < 1.29 is 18.0 Å². The summed E-state index contributed by atoms with van der Waals surface area (Å²) in [4.78, 5) is 20.9. The van der Waals surface area contributed by atoms with Crippen LogP contribution in [0, 0.1) is 0 Å². The van der Waals surface area contributed by atoms with Gasteiger partial charge in [0.15, 0.2) is 6.29 Å². The Morgan fingerprint density at radius 2 is 1.74 bits per heavy atom. The number of alkyl halides is 3. The smallest absolute Gasteiger partial charge is 0.298 e. The predicted molar refractivity (Wildman–Crippen MR) is 60.7 cm³/mol. The van der Waals surface area contributed by atoms with Gasteiger partial charge in [0.25, 0.3) is 0 Å². The fourth-order valence-electron chi connectivity index (χ4n) is 1.29. The Morgan fingerprint density at radius 1 is 1.11 bits per heavy atom. The molecule has 0 N–H and O–H groups in total. The molecule has 0 saturated heterocycles. The van der Waals surface area contributed by atoms with Gasteiger partial charge >= 0.3 is 6.18 Å². The molecule has 8 heteroatoms. The summed E-state index contributed by atoms with van der Waals surface area (Å²) in [6.45, 7) is 0. The van der Waals surface area contributed by atoms with Gasteiger partial charge in [0.2, 0.25) is 5.82 Å². The molecule has 2 rings (SSSR count). The number of pyridine rings is 1. The van der Waals surface area contributed by atoms with Crippen molar-refractivity contribution in [2.75, 3.05) is 0 Å². The molecule has 0 aliphatic carbocycles. The van der Waals surface area contributed by atoms with Crippen molar-refractivity contribution >= 4 is 17.9 Å². The van der Waals surface area contributed by atoms with Crippen molar-refractivity contribution in [3.63, 3.8) is 0 Å². The van der Waals surface area contributed by atoms with E-state index in [9.17, 15) is 18.0 Å². The topological polar surface area (TPSA) is 55.7 Å². The monoisotopic (exact) mass is 287 g/mol. The molecule has 0 aliphatic heterocycles. The summed E-state index contributed by atoms with van der Waals surface area (Å²) in [6.07, 6.45) is -0.847. The minimum absolute atomic E-state index is 0.153. The van der Waals surface area contributed by atoms with Crippen molar-refractivity contribution in [3.05, 3.63) is 41.1 Å². The van der Waals surface area contributed by atoms with Gasteiger partial charge < -0.3 is 0 Å². The Morgan fingerprint density at radius 3 is 2.21 bits per heavy atom. The zero-order valence-corrected chi connectivity index (χ0v) is 9.90. The largest absolute Gasteiger partial charge is 0.451 e. The van der Waals surface area contributed by atoms with Crippen molar-refractivity contribution in [2.24, 2.45) is 0 Å². The van der Waals surface area contributed by atoms with E-state index in [4.69, 9.17) is 11.6 Å². The maximum Gasteiger partial charge on any atom is 0.451 e. The molecular formula is C11H5ClF3N3O. The molecule has 2 aromatic heterocycles. The molecule has 4 nitrogen and oxygen atoms in total. The first-order valence-electron chi connectivity index (χ1n) is 4.92. The summed E-state index contributed by atoms with van der Waals surface area (Å²) in [6, 6.07) is 1.36. The van der Waals surface area contributed by atoms with Crippen LogP contribution in [0.3, 0.4) is 0 Å². The number of rotatable bonds is 2. The van der Waals surface area contributed by atoms with Crippen LogP contribution in [-0.4, -0.2) is 21.2 Å². The number of carbonyl (C=O) groups excluding carboxylic acids is 1. The molecule has 0 bridgehead atoms. The minimum atomic E-state index is -4.59. The normalized spacial score (nSPS) is 11.4. The van der Waals surface area contributed by atoms with Crippen molar-refractivity contribution in [1.29, 1.82) is 0 Å². The minimum Gasteiger partial charge on any atom is -0.298 e. The van der Waals surface area contributed by atoms with Crippen LogP contribution in [0.2, 0.25) is 5.02 Å². The summed E-state index contributed by atoms with van der Waals surface area (Å²) in [5.41, 5.74) is 0.745. The molecule has 0 unspecified atom stereocenters. The molecule has 0 atom stereocenters. The third kappa shape index (κ3) is 2.87. The number of hydrogen-bond donors (Lipinski definition) is 0. The van der Waals surface area contributed by atoms with Gasteiger partial charge in [-0.2, -0.15) is 13.2 Å². The zero-order chi connectivity index (χ0) is 14.0. The molecule has 0 aromatic carbocycles. The van der Waals surface area contributed by atoms with Gasteiger partial charge in [-0.05, 0) is 6.07 Å². The lowest BCUT2D eigenvalue weighted by atomic mass is 10.2. The van der Waals surface area contributed by atoms with Crippen molar-refractivity contribution in [3.8, 4) is 11.3 Å². The first kappa shape index (κ1) is 13.4. The van der Waals surface area contributed by atoms with Crippen LogP contribution in [0.5, 0.6) is 0 Å². The second-order valence-electron chi connectivity index (χ2n) is 3.50. The molecule has 0 spiro atoms. The SMILES string of the molecule is O=Cc1cnc(-c2cnc(C(F)(F)F)nc2)cc1Cl. The highest BCUT2D eigenvalue weighted by atomic mass is 35.5. The molecule has 2 heterocycles. The van der Waals surface area contributed by atoms with E-state index in [1.165, 1.54) is 12.3 Å². The maximum atomic E-state index is 12.3. The van der Waals surface area contributed by atoms with Crippen molar-refractivity contribution in [1.82, 2.24) is 15.0 Å². The third-order valence-corrected chi connectivity index (χ3v) is 2.54. The average molecular weight is 288 g/mol. The highest BCUT2D eigenvalue weighted by Gasteiger charge is 2.34. The Kier molecular flexibility index (Phi) is 3.48. The lowest BCUT2D eigenvalue weighted by molar-refractivity contribution is -0.144. The Labute approximate surface area is 110 Å². The van der Waals surface area contributed by atoms with Crippen LogP contribution in [0.4, 0.5) is 13.2 Å². The Bertz CT molecular complexity index is 614. The average Bonchev–Trinajstić information content (AvgIpc) is 2.38. The van der Waals surface area contributed by atoms with E-state index in [0.29, 0.717) is 6.29 Å². The highest BCUT2D eigenvalue weighted by molar-refractivity contribution is 6.33. The molecule has 0 amide bonds. The number of halogens is 4. The van der Waals surface area contributed by atoms with E-state index < -0.39 is 12.0 Å². The van der Waals surface area contributed by atoms with Crippen LogP contribution in [0.25, 0.3) is 11.3 Å². The maximum absolute atomic E-state index is 12.3. The zero-order valence-electron chi connectivity index (χ0n) is 9.15. The van der Waals surface area contributed by atoms with Gasteiger partial charge in [-0.25, -0.2) is 9.97 Å². The first-order valence-corrected chi connectivity index (χ1v) is 5.30. The van der Waals surface area contributed by atoms with Crippen LogP contribution < -0.4 is 0 Å².